The molecule has 2 aromatic rings. The Hall–Kier alpha value is -2.53. The first-order valence-corrected chi connectivity index (χ1v) is 8.61. The highest BCUT2D eigenvalue weighted by Crippen LogP contribution is 2.38. The van der Waals surface area contributed by atoms with Crippen LogP contribution in [0.25, 0.3) is 0 Å². The van der Waals surface area contributed by atoms with Crippen molar-refractivity contribution in [1.29, 1.82) is 0 Å². The van der Waals surface area contributed by atoms with Gasteiger partial charge in [-0.15, -0.1) is 0 Å². The number of rotatable bonds is 2. The van der Waals surface area contributed by atoms with Crippen molar-refractivity contribution >= 4 is 23.4 Å². The molecule has 128 valence electrons. The summed E-state index contributed by atoms with van der Waals surface area (Å²) < 4.78 is 5.64. The van der Waals surface area contributed by atoms with Crippen LogP contribution in [0.1, 0.15) is 39.9 Å². The van der Waals surface area contributed by atoms with E-state index < -0.39 is 5.92 Å². The summed E-state index contributed by atoms with van der Waals surface area (Å²) in [4.78, 5) is 24.9. The Morgan fingerprint density at radius 3 is 2.84 bits per heavy atom. The first kappa shape index (κ1) is 16.0. The molecule has 0 radical (unpaired) electrons. The summed E-state index contributed by atoms with van der Waals surface area (Å²) in [5, 5.41) is 6.44. The Morgan fingerprint density at radius 1 is 1.16 bits per heavy atom. The minimum Gasteiger partial charge on any atom is -0.492 e. The molecule has 6 heteroatoms. The Bertz CT molecular complexity index is 852. The van der Waals surface area contributed by atoms with Gasteiger partial charge < -0.3 is 15.4 Å². The number of fused-ring (bicyclic) bond motifs is 2. The van der Waals surface area contributed by atoms with Gasteiger partial charge in [-0.2, -0.15) is 0 Å². The van der Waals surface area contributed by atoms with Crippen LogP contribution < -0.4 is 15.4 Å². The number of hydrogen-bond acceptors (Lipinski definition) is 3. The van der Waals surface area contributed by atoms with E-state index in [1.165, 1.54) is 0 Å². The summed E-state index contributed by atoms with van der Waals surface area (Å²) in [6, 6.07) is 12.6. The van der Waals surface area contributed by atoms with Crippen molar-refractivity contribution in [2.75, 3.05) is 13.2 Å². The van der Waals surface area contributed by atoms with Crippen LogP contribution in [0.4, 0.5) is 0 Å². The van der Waals surface area contributed by atoms with Crippen LogP contribution in [0.2, 0.25) is 5.02 Å². The maximum absolute atomic E-state index is 12.9. The summed E-state index contributed by atoms with van der Waals surface area (Å²) in [6.07, 6.45) is 0.680. The van der Waals surface area contributed by atoms with Crippen molar-refractivity contribution in [3.05, 3.63) is 64.2 Å². The Labute approximate surface area is 150 Å². The van der Waals surface area contributed by atoms with E-state index in [0.29, 0.717) is 35.9 Å². The number of ether oxygens (including phenoxy) is 1. The number of halogens is 1. The highest BCUT2D eigenvalue weighted by atomic mass is 35.5. The van der Waals surface area contributed by atoms with E-state index in [1.54, 1.807) is 18.2 Å². The molecule has 2 amide bonds. The van der Waals surface area contributed by atoms with Gasteiger partial charge in [-0.25, -0.2) is 0 Å². The monoisotopic (exact) mass is 356 g/mol. The van der Waals surface area contributed by atoms with Crippen LogP contribution >= 0.6 is 11.6 Å². The highest BCUT2D eigenvalue weighted by molar-refractivity contribution is 6.32. The first-order chi connectivity index (χ1) is 12.1. The lowest BCUT2D eigenvalue weighted by Gasteiger charge is -2.30. The molecule has 0 aromatic heterocycles. The van der Waals surface area contributed by atoms with Gasteiger partial charge in [-0.3, -0.25) is 9.59 Å². The number of benzene rings is 2. The molecule has 0 saturated heterocycles. The largest absolute Gasteiger partial charge is 0.492 e. The molecule has 2 N–H and O–H groups in total. The molecule has 0 fully saturated rings. The second kappa shape index (κ2) is 6.41. The Balaban J connectivity index is 1.59. The molecule has 0 spiro atoms. The molecule has 0 saturated carbocycles. The maximum atomic E-state index is 12.9. The van der Waals surface area contributed by atoms with Crippen LogP contribution in [-0.4, -0.2) is 25.0 Å². The zero-order valence-electron chi connectivity index (χ0n) is 13.4. The number of carbonyl (C=O) groups excluding carboxylic acids is 2. The smallest absolute Gasteiger partial charge is 0.251 e. The highest BCUT2D eigenvalue weighted by Gasteiger charge is 2.32. The molecule has 4 rings (SSSR count). The summed E-state index contributed by atoms with van der Waals surface area (Å²) in [6.45, 7) is 0.799. The van der Waals surface area contributed by atoms with E-state index in [9.17, 15) is 9.59 Å². The fraction of sp³-hybridized carbons (Fsp3) is 0.263. The van der Waals surface area contributed by atoms with Crippen LogP contribution in [0.15, 0.2) is 42.5 Å². The average Bonchev–Trinajstić information content (AvgIpc) is 2.63. The minimum atomic E-state index is -0.403. The van der Waals surface area contributed by atoms with Gasteiger partial charge in [0, 0.05) is 24.1 Å². The van der Waals surface area contributed by atoms with Crippen molar-refractivity contribution < 1.29 is 14.3 Å². The zero-order chi connectivity index (χ0) is 17.4. The zero-order valence-corrected chi connectivity index (χ0v) is 14.2. The van der Waals surface area contributed by atoms with E-state index in [4.69, 9.17) is 16.3 Å². The molecule has 0 aliphatic carbocycles. The molecule has 2 atom stereocenters. The number of amides is 2. The SMILES string of the molecule is O=C1NCC(C(=O)NC2CCOc3c(Cl)cccc32)c2ccccc21. The number of hydrogen-bond donors (Lipinski definition) is 2. The second-order valence-electron chi connectivity index (χ2n) is 6.21. The van der Waals surface area contributed by atoms with Crippen LogP contribution in [-0.2, 0) is 4.79 Å². The summed E-state index contributed by atoms with van der Waals surface area (Å²) >= 11 is 6.19. The van der Waals surface area contributed by atoms with E-state index in [0.717, 1.165) is 11.1 Å². The fourth-order valence-corrected chi connectivity index (χ4v) is 3.69. The lowest BCUT2D eigenvalue weighted by molar-refractivity contribution is -0.123. The van der Waals surface area contributed by atoms with Crippen LogP contribution in [0, 0.1) is 0 Å². The summed E-state index contributed by atoms with van der Waals surface area (Å²) in [5.74, 6) is -0.00874. The molecule has 5 nitrogen and oxygen atoms in total. The summed E-state index contributed by atoms with van der Waals surface area (Å²) in [5.41, 5.74) is 2.21. The van der Waals surface area contributed by atoms with Crippen molar-refractivity contribution in [1.82, 2.24) is 10.6 Å². The number of carbonyl (C=O) groups is 2. The fourth-order valence-electron chi connectivity index (χ4n) is 3.45. The van der Waals surface area contributed by atoms with Gasteiger partial charge in [0.15, 0.2) is 0 Å². The van der Waals surface area contributed by atoms with Crippen LogP contribution in [0.3, 0.4) is 0 Å². The van der Waals surface area contributed by atoms with Gasteiger partial charge in [0.25, 0.3) is 5.91 Å². The van der Waals surface area contributed by atoms with Gasteiger partial charge >= 0.3 is 0 Å². The molecule has 2 aromatic carbocycles. The number of para-hydroxylation sites is 1. The lowest BCUT2D eigenvalue weighted by atomic mass is 9.89. The molecule has 25 heavy (non-hydrogen) atoms. The predicted molar refractivity (Wildman–Crippen MR) is 94.0 cm³/mol. The Morgan fingerprint density at radius 2 is 1.96 bits per heavy atom. The summed E-state index contributed by atoms with van der Waals surface area (Å²) in [7, 11) is 0. The third kappa shape index (κ3) is 2.85. The second-order valence-corrected chi connectivity index (χ2v) is 6.61. The third-order valence-corrected chi connectivity index (χ3v) is 5.00. The predicted octanol–water partition coefficient (Wildman–Crippen LogP) is 2.81. The van der Waals surface area contributed by atoms with Gasteiger partial charge in [0.05, 0.1) is 23.6 Å². The quantitative estimate of drug-likeness (QED) is 0.869. The molecule has 0 bridgehead atoms. The van der Waals surface area contributed by atoms with E-state index in [1.807, 2.05) is 24.3 Å². The molecule has 2 aliphatic heterocycles. The molecular weight excluding hydrogens is 340 g/mol. The van der Waals surface area contributed by atoms with Crippen molar-refractivity contribution in [3.63, 3.8) is 0 Å². The van der Waals surface area contributed by atoms with Crippen molar-refractivity contribution in [2.24, 2.45) is 0 Å². The maximum Gasteiger partial charge on any atom is 0.251 e. The third-order valence-electron chi connectivity index (χ3n) is 4.71. The normalized spacial score (nSPS) is 21.4. The van der Waals surface area contributed by atoms with E-state index >= 15 is 0 Å². The molecule has 2 aliphatic rings. The number of nitrogens with one attached hydrogen (secondary N) is 2. The molecule has 2 unspecified atom stereocenters. The van der Waals surface area contributed by atoms with Gasteiger partial charge in [0.1, 0.15) is 5.75 Å². The van der Waals surface area contributed by atoms with Gasteiger partial charge in [-0.1, -0.05) is 41.9 Å². The van der Waals surface area contributed by atoms with Crippen molar-refractivity contribution in [2.45, 2.75) is 18.4 Å². The standard InChI is InChI=1S/C19H17ClN2O3/c20-15-7-3-6-13-16(8-9-25-17(13)15)22-19(24)14-10-21-18(23)12-5-2-1-4-11(12)14/h1-7,14,16H,8-10H2,(H,21,23)(H,22,24). The van der Waals surface area contributed by atoms with E-state index in [2.05, 4.69) is 10.6 Å². The minimum absolute atomic E-state index is 0.106. The van der Waals surface area contributed by atoms with E-state index in [-0.39, 0.29) is 17.9 Å². The lowest BCUT2D eigenvalue weighted by Crippen LogP contribution is -2.43. The van der Waals surface area contributed by atoms with Gasteiger partial charge in [-0.05, 0) is 17.7 Å². The van der Waals surface area contributed by atoms with Gasteiger partial charge in [0.2, 0.25) is 5.91 Å². The van der Waals surface area contributed by atoms with Crippen molar-refractivity contribution in [3.8, 4) is 5.75 Å². The average molecular weight is 357 g/mol. The molecule has 2 heterocycles. The Kier molecular flexibility index (Phi) is 4.09. The topological polar surface area (TPSA) is 67.4 Å². The molecular formula is C19H17ClN2O3. The first-order valence-electron chi connectivity index (χ1n) is 8.24. The van der Waals surface area contributed by atoms with Crippen LogP contribution in [0.5, 0.6) is 5.75 Å².